The van der Waals surface area contributed by atoms with Crippen LogP contribution in [0.4, 0.5) is 5.69 Å². The molecule has 10 heteroatoms. The van der Waals surface area contributed by atoms with Gasteiger partial charge < -0.3 is 14.6 Å². The third-order valence-electron chi connectivity index (χ3n) is 6.06. The van der Waals surface area contributed by atoms with Crippen molar-refractivity contribution in [2.24, 2.45) is 7.05 Å². The summed E-state index contributed by atoms with van der Waals surface area (Å²) in [4.78, 5) is 28.8. The number of esters is 1. The number of sulfonamides is 1. The lowest BCUT2D eigenvalue weighted by Crippen LogP contribution is -2.35. The molecule has 34 heavy (non-hydrogen) atoms. The molecule has 2 aromatic carbocycles. The van der Waals surface area contributed by atoms with Gasteiger partial charge in [-0.3, -0.25) is 4.79 Å². The molecule has 3 aromatic rings. The number of anilines is 1. The van der Waals surface area contributed by atoms with Crippen LogP contribution >= 0.6 is 0 Å². The summed E-state index contributed by atoms with van der Waals surface area (Å²) in [6, 6.07) is 11.5. The zero-order valence-electron chi connectivity index (χ0n) is 19.3. The smallest absolute Gasteiger partial charge is 0.337 e. The Morgan fingerprint density at radius 2 is 1.76 bits per heavy atom. The number of ether oxygens (including phenoxy) is 1. The molecule has 0 radical (unpaired) electrons. The van der Waals surface area contributed by atoms with Crippen LogP contribution in [-0.2, 0) is 33.0 Å². The van der Waals surface area contributed by atoms with E-state index in [1.54, 1.807) is 46.8 Å². The molecule has 1 aliphatic rings. The highest BCUT2D eigenvalue weighted by atomic mass is 32.2. The summed E-state index contributed by atoms with van der Waals surface area (Å²) in [5, 5.41) is 2.80. The summed E-state index contributed by atoms with van der Waals surface area (Å²) < 4.78 is 34.1. The molecule has 1 N–H and O–H groups in total. The van der Waals surface area contributed by atoms with Gasteiger partial charge >= 0.3 is 5.97 Å². The third kappa shape index (κ3) is 4.97. The Labute approximate surface area is 198 Å². The van der Waals surface area contributed by atoms with E-state index in [0.29, 0.717) is 42.1 Å². The fraction of sp³-hybridized carbons (Fsp3) is 0.375. The Balaban J connectivity index is 1.43. The molecule has 1 amide bonds. The van der Waals surface area contributed by atoms with E-state index >= 15 is 0 Å². The molecule has 0 unspecified atom stereocenters. The second-order valence-corrected chi connectivity index (χ2v) is 10.3. The molecule has 0 spiro atoms. The van der Waals surface area contributed by atoms with Crippen molar-refractivity contribution in [3.8, 4) is 0 Å². The fourth-order valence-corrected chi connectivity index (χ4v) is 5.66. The maximum atomic E-state index is 13.0. The van der Waals surface area contributed by atoms with Gasteiger partial charge in [0, 0.05) is 38.7 Å². The second kappa shape index (κ2) is 9.94. The number of carbonyl (C=O) groups excluding carboxylic acids is 2. The molecule has 1 aromatic heterocycles. The largest absolute Gasteiger partial charge is 0.465 e. The number of amides is 1. The molecule has 4 rings (SSSR count). The minimum atomic E-state index is -3.54. The Morgan fingerprint density at radius 1 is 1.06 bits per heavy atom. The number of aromatic nitrogens is 2. The fourth-order valence-electron chi connectivity index (χ4n) is 4.12. The molecular formula is C24H28N4O5S. The number of rotatable bonds is 7. The number of carbonyl (C=O) groups is 2. The highest BCUT2D eigenvalue weighted by Crippen LogP contribution is 2.25. The van der Waals surface area contributed by atoms with E-state index in [1.807, 2.05) is 11.6 Å². The van der Waals surface area contributed by atoms with Crippen molar-refractivity contribution in [3.63, 3.8) is 0 Å². The summed E-state index contributed by atoms with van der Waals surface area (Å²) in [5.74, 6) is 0.0663. The van der Waals surface area contributed by atoms with Crippen LogP contribution in [0.3, 0.4) is 0 Å². The van der Waals surface area contributed by atoms with E-state index in [-0.39, 0.29) is 17.2 Å². The van der Waals surface area contributed by atoms with Crippen molar-refractivity contribution in [2.75, 3.05) is 25.5 Å². The van der Waals surface area contributed by atoms with Gasteiger partial charge in [0.05, 0.1) is 28.6 Å². The van der Waals surface area contributed by atoms with Crippen molar-refractivity contribution in [1.29, 1.82) is 0 Å². The van der Waals surface area contributed by atoms with Gasteiger partial charge in [-0.2, -0.15) is 4.31 Å². The molecule has 180 valence electrons. The normalized spacial score (nSPS) is 14.8. The van der Waals surface area contributed by atoms with Gasteiger partial charge in [-0.25, -0.2) is 18.2 Å². The van der Waals surface area contributed by atoms with Crippen molar-refractivity contribution < 1.29 is 22.7 Å². The highest BCUT2D eigenvalue weighted by Gasteiger charge is 2.26. The summed E-state index contributed by atoms with van der Waals surface area (Å²) in [6.45, 7) is 1.10. The van der Waals surface area contributed by atoms with Crippen molar-refractivity contribution in [2.45, 2.75) is 37.0 Å². The average molecular weight is 485 g/mol. The molecule has 1 saturated heterocycles. The van der Waals surface area contributed by atoms with Crippen LogP contribution in [0.15, 0.2) is 47.4 Å². The number of piperidine rings is 1. The van der Waals surface area contributed by atoms with E-state index in [1.165, 1.54) is 7.11 Å². The first-order valence-corrected chi connectivity index (χ1v) is 12.7. The second-order valence-electron chi connectivity index (χ2n) is 8.32. The topological polar surface area (TPSA) is 111 Å². The molecule has 2 heterocycles. The zero-order valence-corrected chi connectivity index (χ0v) is 20.1. The lowest BCUT2D eigenvalue weighted by Gasteiger charge is -2.25. The lowest BCUT2D eigenvalue weighted by molar-refractivity contribution is -0.116. The van der Waals surface area contributed by atoms with Gasteiger partial charge in [-0.15, -0.1) is 0 Å². The van der Waals surface area contributed by atoms with E-state index in [9.17, 15) is 18.0 Å². The third-order valence-corrected chi connectivity index (χ3v) is 7.96. The molecule has 0 atom stereocenters. The molecular weight excluding hydrogens is 456 g/mol. The summed E-state index contributed by atoms with van der Waals surface area (Å²) in [7, 11) is -0.370. The van der Waals surface area contributed by atoms with Crippen LogP contribution in [0.25, 0.3) is 11.0 Å². The van der Waals surface area contributed by atoms with Crippen LogP contribution in [0.5, 0.6) is 0 Å². The van der Waals surface area contributed by atoms with Crippen LogP contribution in [-0.4, -0.2) is 54.3 Å². The quantitative estimate of drug-likeness (QED) is 0.516. The number of aryl methyl sites for hydroxylation is 2. The molecule has 1 aliphatic heterocycles. The minimum absolute atomic E-state index is 0.189. The first kappa shape index (κ1) is 23.9. The van der Waals surface area contributed by atoms with E-state index < -0.39 is 16.0 Å². The Kier molecular flexibility index (Phi) is 6.99. The van der Waals surface area contributed by atoms with Gasteiger partial charge in [-0.1, -0.05) is 6.42 Å². The van der Waals surface area contributed by atoms with Crippen LogP contribution in [0, 0.1) is 0 Å². The maximum Gasteiger partial charge on any atom is 0.337 e. The SMILES string of the molecule is COC(=O)c1ccc(NC(=O)CCc2nc3cc(S(=O)(=O)N4CCCCC4)ccc3n2C)cc1. The van der Waals surface area contributed by atoms with Gasteiger partial charge in [0.25, 0.3) is 0 Å². The number of fused-ring (bicyclic) bond motifs is 1. The van der Waals surface area contributed by atoms with Crippen molar-refractivity contribution in [1.82, 2.24) is 13.9 Å². The monoisotopic (exact) mass is 484 g/mol. The van der Waals surface area contributed by atoms with Crippen LogP contribution in [0.1, 0.15) is 41.9 Å². The van der Waals surface area contributed by atoms with E-state index in [0.717, 1.165) is 24.8 Å². The van der Waals surface area contributed by atoms with Crippen molar-refractivity contribution >= 4 is 38.6 Å². The van der Waals surface area contributed by atoms with Crippen LogP contribution < -0.4 is 5.32 Å². The molecule has 1 fully saturated rings. The number of methoxy groups -OCH3 is 1. The Morgan fingerprint density at radius 3 is 2.44 bits per heavy atom. The maximum absolute atomic E-state index is 13.0. The summed E-state index contributed by atoms with van der Waals surface area (Å²) in [6.07, 6.45) is 3.42. The molecule has 0 bridgehead atoms. The number of imidazole rings is 1. The van der Waals surface area contributed by atoms with Crippen molar-refractivity contribution in [3.05, 3.63) is 53.9 Å². The average Bonchev–Trinajstić information content (AvgIpc) is 3.18. The first-order valence-electron chi connectivity index (χ1n) is 11.2. The standard InChI is InChI=1S/C24H28N4O5S/c1-27-21-11-10-19(34(31,32)28-14-4-3-5-15-28)16-20(21)26-22(27)12-13-23(29)25-18-8-6-17(7-9-18)24(30)33-2/h6-11,16H,3-5,12-15H2,1-2H3,(H,25,29). The predicted octanol–water partition coefficient (Wildman–Crippen LogP) is 3.11. The number of nitrogens with zero attached hydrogens (tertiary/aromatic N) is 3. The lowest BCUT2D eigenvalue weighted by atomic mass is 10.2. The van der Waals surface area contributed by atoms with Gasteiger partial charge in [-0.05, 0) is 55.3 Å². The van der Waals surface area contributed by atoms with E-state index in [2.05, 4.69) is 15.0 Å². The minimum Gasteiger partial charge on any atom is -0.465 e. The number of nitrogens with one attached hydrogen (secondary N) is 1. The molecule has 9 nitrogen and oxygen atoms in total. The number of hydrogen-bond donors (Lipinski definition) is 1. The predicted molar refractivity (Wildman–Crippen MR) is 128 cm³/mol. The Hall–Kier alpha value is -3.24. The summed E-state index contributed by atoms with van der Waals surface area (Å²) >= 11 is 0. The van der Waals surface area contributed by atoms with Gasteiger partial charge in [0.1, 0.15) is 5.82 Å². The first-order chi connectivity index (χ1) is 16.3. The zero-order chi connectivity index (χ0) is 24.3. The Bertz CT molecular complexity index is 1310. The number of hydrogen-bond acceptors (Lipinski definition) is 6. The molecule has 0 saturated carbocycles. The van der Waals surface area contributed by atoms with Gasteiger partial charge in [0.15, 0.2) is 0 Å². The summed E-state index contributed by atoms with van der Waals surface area (Å²) in [5.41, 5.74) is 2.39. The van der Waals surface area contributed by atoms with E-state index in [4.69, 9.17) is 0 Å². The highest BCUT2D eigenvalue weighted by molar-refractivity contribution is 7.89. The van der Waals surface area contributed by atoms with Gasteiger partial charge in [0.2, 0.25) is 15.9 Å². The molecule has 0 aliphatic carbocycles. The van der Waals surface area contributed by atoms with Crippen LogP contribution in [0.2, 0.25) is 0 Å². The number of benzene rings is 2.